The molecule has 2 fully saturated rings. The lowest BCUT2D eigenvalue weighted by molar-refractivity contribution is 0.0306. The maximum Gasteiger partial charge on any atom is 0.253 e. The summed E-state index contributed by atoms with van der Waals surface area (Å²) in [4.78, 5) is 16.7. The predicted molar refractivity (Wildman–Crippen MR) is 88.4 cm³/mol. The lowest BCUT2D eigenvalue weighted by Crippen LogP contribution is -2.50. The third-order valence-electron chi connectivity index (χ3n) is 5.14. The number of hydrogen-bond donors (Lipinski definition) is 2. The molecule has 0 bridgehead atoms. The van der Waals surface area contributed by atoms with Crippen LogP contribution < -0.4 is 0 Å². The average Bonchev–Trinajstić information content (AvgIpc) is 2.58. The number of phenolic OH excluding ortho intramolecular Hbond substituents is 1. The summed E-state index contributed by atoms with van der Waals surface area (Å²) in [6, 6.07) is 6.44. The van der Waals surface area contributed by atoms with Gasteiger partial charge in [-0.05, 0) is 43.0 Å². The van der Waals surface area contributed by atoms with E-state index in [0.717, 1.165) is 52.0 Å². The second-order valence-electron chi connectivity index (χ2n) is 6.75. The second kappa shape index (κ2) is 7.32. The van der Waals surface area contributed by atoms with E-state index in [0.29, 0.717) is 11.5 Å². The van der Waals surface area contributed by atoms with Crippen molar-refractivity contribution < 1.29 is 15.0 Å². The molecule has 2 N–H and O–H groups in total. The third kappa shape index (κ3) is 4.03. The molecule has 1 aromatic rings. The van der Waals surface area contributed by atoms with E-state index >= 15 is 0 Å². The maximum absolute atomic E-state index is 12.4. The molecule has 0 unspecified atom stereocenters. The highest BCUT2D eigenvalue weighted by atomic mass is 16.3. The number of amides is 1. The highest BCUT2D eigenvalue weighted by Crippen LogP contribution is 2.25. The fourth-order valence-corrected chi connectivity index (χ4v) is 3.65. The fourth-order valence-electron chi connectivity index (χ4n) is 3.65. The van der Waals surface area contributed by atoms with Crippen LogP contribution in [0.2, 0.25) is 0 Å². The molecule has 1 amide bonds. The molecule has 5 heteroatoms. The topological polar surface area (TPSA) is 64.0 Å². The zero-order valence-electron chi connectivity index (χ0n) is 13.5. The van der Waals surface area contributed by atoms with Crippen molar-refractivity contribution in [2.24, 2.45) is 5.92 Å². The van der Waals surface area contributed by atoms with Gasteiger partial charge in [-0.15, -0.1) is 0 Å². The molecule has 5 nitrogen and oxygen atoms in total. The Morgan fingerprint density at radius 2 is 1.70 bits per heavy atom. The van der Waals surface area contributed by atoms with Crippen molar-refractivity contribution in [2.75, 3.05) is 32.7 Å². The number of piperazine rings is 1. The first-order chi connectivity index (χ1) is 11.1. The molecule has 0 spiro atoms. The van der Waals surface area contributed by atoms with Crippen LogP contribution in [-0.4, -0.2) is 64.7 Å². The number of carbonyl (C=O) groups is 1. The Kier molecular flexibility index (Phi) is 5.18. The molecule has 1 aliphatic carbocycles. The summed E-state index contributed by atoms with van der Waals surface area (Å²) in [5.74, 6) is 0.600. The zero-order chi connectivity index (χ0) is 16.2. The minimum absolute atomic E-state index is 0.0300. The summed E-state index contributed by atoms with van der Waals surface area (Å²) in [6.07, 6.45) is 4.27. The van der Waals surface area contributed by atoms with E-state index in [-0.39, 0.29) is 17.8 Å². The van der Waals surface area contributed by atoms with Crippen LogP contribution in [0.15, 0.2) is 24.3 Å². The van der Waals surface area contributed by atoms with E-state index in [2.05, 4.69) is 4.90 Å². The Bertz CT molecular complexity index is 524. The van der Waals surface area contributed by atoms with Gasteiger partial charge in [-0.2, -0.15) is 0 Å². The van der Waals surface area contributed by atoms with E-state index in [1.807, 2.05) is 4.90 Å². The highest BCUT2D eigenvalue weighted by molar-refractivity contribution is 5.94. The molecule has 0 aromatic heterocycles. The van der Waals surface area contributed by atoms with Crippen molar-refractivity contribution >= 4 is 5.91 Å². The van der Waals surface area contributed by atoms with E-state index in [1.54, 1.807) is 24.3 Å². The second-order valence-corrected chi connectivity index (χ2v) is 6.75. The Morgan fingerprint density at radius 1 is 1.04 bits per heavy atom. The number of aromatic hydroxyl groups is 1. The number of aliphatic hydroxyl groups is 1. The number of phenols is 1. The normalized spacial score (nSPS) is 26.2. The van der Waals surface area contributed by atoms with Crippen molar-refractivity contribution in [3.8, 4) is 5.75 Å². The Labute approximate surface area is 137 Å². The van der Waals surface area contributed by atoms with Gasteiger partial charge in [0.15, 0.2) is 0 Å². The Balaban J connectivity index is 1.50. The summed E-state index contributed by atoms with van der Waals surface area (Å²) in [6.45, 7) is 4.13. The van der Waals surface area contributed by atoms with Crippen molar-refractivity contribution in [3.63, 3.8) is 0 Å². The average molecular weight is 318 g/mol. The standard InChI is InChI=1S/C18H26N2O3/c21-16-7-5-14(6-8-16)18(23)20-11-9-19(10-12-20)13-15-3-1-2-4-17(15)22/h5-8,15,17,21-22H,1-4,9-13H2/t15-,17+/m0/s1. The highest BCUT2D eigenvalue weighted by Gasteiger charge is 2.28. The number of nitrogens with zero attached hydrogens (tertiary/aromatic N) is 2. The number of aliphatic hydroxyl groups excluding tert-OH is 1. The summed E-state index contributed by atoms with van der Waals surface area (Å²) in [7, 11) is 0. The van der Waals surface area contributed by atoms with Crippen molar-refractivity contribution in [1.82, 2.24) is 9.80 Å². The molecule has 126 valence electrons. The molecular formula is C18H26N2O3. The van der Waals surface area contributed by atoms with E-state index < -0.39 is 0 Å². The molecule has 1 heterocycles. The van der Waals surface area contributed by atoms with E-state index in [9.17, 15) is 15.0 Å². The number of carbonyl (C=O) groups excluding carboxylic acids is 1. The first-order valence-electron chi connectivity index (χ1n) is 8.62. The van der Waals surface area contributed by atoms with Crippen molar-refractivity contribution in [1.29, 1.82) is 0 Å². The summed E-state index contributed by atoms with van der Waals surface area (Å²) in [5.41, 5.74) is 0.624. The van der Waals surface area contributed by atoms with Crippen LogP contribution in [0, 0.1) is 5.92 Å². The molecule has 2 atom stereocenters. The minimum atomic E-state index is -0.152. The van der Waals surface area contributed by atoms with Gasteiger partial charge < -0.3 is 15.1 Å². The summed E-state index contributed by atoms with van der Waals surface area (Å²) >= 11 is 0. The lowest BCUT2D eigenvalue weighted by Gasteiger charge is -2.38. The van der Waals surface area contributed by atoms with Gasteiger partial charge in [0.1, 0.15) is 5.75 Å². The van der Waals surface area contributed by atoms with Crippen LogP contribution in [0.4, 0.5) is 0 Å². The van der Waals surface area contributed by atoms with Gasteiger partial charge in [0.25, 0.3) is 5.91 Å². The van der Waals surface area contributed by atoms with E-state index in [4.69, 9.17) is 0 Å². The Hall–Kier alpha value is -1.59. The fraction of sp³-hybridized carbons (Fsp3) is 0.611. The van der Waals surface area contributed by atoms with Crippen LogP contribution in [0.25, 0.3) is 0 Å². The first kappa shape index (κ1) is 16.3. The summed E-state index contributed by atoms with van der Waals surface area (Å²) < 4.78 is 0. The summed E-state index contributed by atoms with van der Waals surface area (Å²) in [5, 5.41) is 19.4. The van der Waals surface area contributed by atoms with Gasteiger partial charge in [-0.1, -0.05) is 12.8 Å². The molecule has 1 aromatic carbocycles. The van der Waals surface area contributed by atoms with Gasteiger partial charge in [-0.3, -0.25) is 9.69 Å². The quantitative estimate of drug-likeness (QED) is 0.890. The molecular weight excluding hydrogens is 292 g/mol. The predicted octanol–water partition coefficient (Wildman–Crippen LogP) is 1.70. The number of hydrogen-bond acceptors (Lipinski definition) is 4. The first-order valence-corrected chi connectivity index (χ1v) is 8.62. The maximum atomic E-state index is 12.4. The molecule has 2 aliphatic rings. The van der Waals surface area contributed by atoms with Crippen LogP contribution in [0.3, 0.4) is 0 Å². The van der Waals surface area contributed by atoms with Gasteiger partial charge in [0, 0.05) is 38.3 Å². The van der Waals surface area contributed by atoms with Crippen molar-refractivity contribution in [3.05, 3.63) is 29.8 Å². The van der Waals surface area contributed by atoms with Crippen LogP contribution >= 0.6 is 0 Å². The number of benzene rings is 1. The third-order valence-corrected chi connectivity index (χ3v) is 5.14. The van der Waals surface area contributed by atoms with E-state index in [1.165, 1.54) is 6.42 Å². The SMILES string of the molecule is O=C(c1ccc(O)cc1)N1CCN(C[C@@H]2CCCC[C@H]2O)CC1. The van der Waals surface area contributed by atoms with Crippen LogP contribution in [0.1, 0.15) is 36.0 Å². The molecule has 1 saturated carbocycles. The van der Waals surface area contributed by atoms with Gasteiger partial charge >= 0.3 is 0 Å². The molecule has 1 saturated heterocycles. The van der Waals surface area contributed by atoms with Gasteiger partial charge in [0.05, 0.1) is 6.10 Å². The van der Waals surface area contributed by atoms with Crippen molar-refractivity contribution in [2.45, 2.75) is 31.8 Å². The molecule has 1 aliphatic heterocycles. The zero-order valence-corrected chi connectivity index (χ0v) is 13.5. The monoisotopic (exact) mass is 318 g/mol. The lowest BCUT2D eigenvalue weighted by atomic mass is 9.86. The van der Waals surface area contributed by atoms with Crippen LogP contribution in [0.5, 0.6) is 5.75 Å². The largest absolute Gasteiger partial charge is 0.508 e. The van der Waals surface area contributed by atoms with Gasteiger partial charge in [-0.25, -0.2) is 0 Å². The smallest absolute Gasteiger partial charge is 0.253 e. The van der Waals surface area contributed by atoms with Crippen LogP contribution in [-0.2, 0) is 0 Å². The van der Waals surface area contributed by atoms with Gasteiger partial charge in [0.2, 0.25) is 0 Å². The molecule has 3 rings (SSSR count). The number of rotatable bonds is 3. The minimum Gasteiger partial charge on any atom is -0.508 e. The molecule has 23 heavy (non-hydrogen) atoms. The Morgan fingerprint density at radius 3 is 2.35 bits per heavy atom. The molecule has 0 radical (unpaired) electrons.